The smallest absolute Gasteiger partial charge is 0.0731 e. The summed E-state index contributed by atoms with van der Waals surface area (Å²) in [7, 11) is 0. The van der Waals surface area contributed by atoms with E-state index in [4.69, 9.17) is 0 Å². The number of benzene rings is 20. The molecular formula is C116H80N4. The number of hydrogen-bond acceptors (Lipinski definition) is 4. The van der Waals surface area contributed by atoms with Gasteiger partial charge in [0.1, 0.15) is 0 Å². The van der Waals surface area contributed by atoms with Gasteiger partial charge in [-0.25, -0.2) is 0 Å². The van der Waals surface area contributed by atoms with Crippen LogP contribution in [0.3, 0.4) is 0 Å². The molecule has 0 radical (unpaired) electrons. The summed E-state index contributed by atoms with van der Waals surface area (Å²) in [5.41, 5.74) is 36.4. The van der Waals surface area contributed by atoms with Gasteiger partial charge in [0.05, 0.1) is 10.8 Å². The lowest BCUT2D eigenvalue weighted by atomic mass is 9.69. The zero-order chi connectivity index (χ0) is 79.6. The molecule has 0 N–H and O–H groups in total. The minimum absolute atomic E-state index is 0.500. The van der Waals surface area contributed by atoms with Crippen molar-refractivity contribution in [2.45, 2.75) is 24.7 Å². The highest BCUT2D eigenvalue weighted by Gasteiger charge is 2.54. The fraction of sp³-hybridized carbons (Fsp3) is 0.0345. The van der Waals surface area contributed by atoms with E-state index in [2.05, 4.69) is 482 Å². The number of rotatable bonds is 12. The van der Waals surface area contributed by atoms with Gasteiger partial charge in [-0.05, 0) is 315 Å². The highest BCUT2D eigenvalue weighted by molar-refractivity contribution is 6.10. The molecule has 4 heteroatoms. The van der Waals surface area contributed by atoms with Crippen molar-refractivity contribution < 1.29 is 0 Å². The van der Waals surface area contributed by atoms with E-state index in [1.54, 1.807) is 0 Å². The van der Waals surface area contributed by atoms with Crippen molar-refractivity contribution in [2.24, 2.45) is 0 Å². The molecule has 20 aromatic rings. The second-order valence-electron chi connectivity index (χ2n) is 32.3. The first-order valence-electron chi connectivity index (χ1n) is 41.7. The fourth-order valence-corrected chi connectivity index (χ4v) is 20.8. The lowest BCUT2D eigenvalue weighted by Crippen LogP contribution is -2.26. The normalized spacial score (nSPS) is 12.9. The Morgan fingerprint density at radius 2 is 0.417 bits per heavy atom. The third-order valence-electron chi connectivity index (χ3n) is 25.8. The van der Waals surface area contributed by atoms with Crippen LogP contribution in [0.4, 0.5) is 68.2 Å². The monoisotopic (exact) mass is 1530 g/mol. The molecule has 0 unspecified atom stereocenters. The van der Waals surface area contributed by atoms with E-state index in [1.165, 1.54) is 155 Å². The van der Waals surface area contributed by atoms with Crippen molar-refractivity contribution >= 4 is 111 Å². The van der Waals surface area contributed by atoms with Gasteiger partial charge in [-0.1, -0.05) is 291 Å². The molecule has 2 spiro atoms. The first-order valence-corrected chi connectivity index (χ1v) is 41.7. The molecule has 0 heterocycles. The highest BCUT2D eigenvalue weighted by Crippen LogP contribution is 2.67. The van der Waals surface area contributed by atoms with Crippen molar-refractivity contribution in [3.05, 3.63) is 505 Å². The molecule has 0 bridgehead atoms. The third kappa shape index (κ3) is 10.8. The summed E-state index contributed by atoms with van der Waals surface area (Å²) in [4.78, 5) is 9.51. The maximum atomic E-state index is 2.52. The van der Waals surface area contributed by atoms with E-state index in [0.717, 1.165) is 56.9 Å². The van der Waals surface area contributed by atoms with Gasteiger partial charge in [0.15, 0.2) is 0 Å². The summed E-state index contributed by atoms with van der Waals surface area (Å²) in [5, 5.41) is 9.91. The fourth-order valence-electron chi connectivity index (χ4n) is 20.8. The first-order chi connectivity index (χ1) is 59.4. The molecule has 120 heavy (non-hydrogen) atoms. The summed E-state index contributed by atoms with van der Waals surface area (Å²) in [5.74, 6) is 0. The van der Waals surface area contributed by atoms with Crippen LogP contribution in [0.2, 0.25) is 0 Å². The van der Waals surface area contributed by atoms with Crippen LogP contribution in [0, 0.1) is 13.8 Å². The van der Waals surface area contributed by atoms with Gasteiger partial charge in [-0.15, -0.1) is 0 Å². The molecule has 4 aliphatic rings. The maximum absolute atomic E-state index is 2.52. The van der Waals surface area contributed by atoms with Crippen LogP contribution < -0.4 is 19.6 Å². The van der Waals surface area contributed by atoms with Crippen molar-refractivity contribution in [1.82, 2.24) is 0 Å². The summed E-state index contributed by atoms with van der Waals surface area (Å²) in [6, 6.07) is 166. The number of nitrogens with zero attached hydrogens (tertiary/aromatic N) is 4. The van der Waals surface area contributed by atoms with Crippen LogP contribution in [-0.4, -0.2) is 0 Å². The van der Waals surface area contributed by atoms with Gasteiger partial charge >= 0.3 is 0 Å². The Labute approximate surface area is 699 Å². The molecule has 564 valence electrons. The summed E-state index contributed by atoms with van der Waals surface area (Å²) in [6.45, 7) is 4.40. The zero-order valence-corrected chi connectivity index (χ0v) is 66.5. The number of para-hydroxylation sites is 8. The zero-order valence-electron chi connectivity index (χ0n) is 66.5. The quantitative estimate of drug-likeness (QED) is 0.121. The summed E-state index contributed by atoms with van der Waals surface area (Å²) in [6.07, 6.45) is 0. The molecule has 0 saturated carbocycles. The molecule has 24 rings (SSSR count). The second kappa shape index (κ2) is 28.2. The van der Waals surface area contributed by atoms with Gasteiger partial charge in [0.2, 0.25) is 0 Å². The largest absolute Gasteiger partial charge is 0.310 e. The summed E-state index contributed by atoms with van der Waals surface area (Å²) < 4.78 is 0. The predicted molar refractivity (Wildman–Crippen MR) is 504 cm³/mol. The van der Waals surface area contributed by atoms with Gasteiger partial charge in [-0.2, -0.15) is 0 Å². The summed E-state index contributed by atoms with van der Waals surface area (Å²) >= 11 is 0. The van der Waals surface area contributed by atoms with Crippen LogP contribution in [-0.2, 0) is 10.8 Å². The minimum Gasteiger partial charge on any atom is -0.310 e. The maximum Gasteiger partial charge on any atom is 0.0731 e. The Morgan fingerprint density at radius 1 is 0.158 bits per heavy atom. The van der Waals surface area contributed by atoms with E-state index in [0.29, 0.717) is 0 Å². The van der Waals surface area contributed by atoms with Crippen LogP contribution in [0.5, 0.6) is 0 Å². The molecular weight excluding hydrogens is 1450 g/mol. The van der Waals surface area contributed by atoms with Crippen molar-refractivity contribution in [2.75, 3.05) is 19.6 Å². The van der Waals surface area contributed by atoms with E-state index in [1.807, 2.05) is 0 Å². The van der Waals surface area contributed by atoms with Crippen LogP contribution in [0.15, 0.2) is 449 Å². The molecule has 0 atom stereocenters. The topological polar surface area (TPSA) is 13.0 Å². The average Bonchev–Trinajstić information content (AvgIpc) is 1.50. The molecule has 4 aliphatic carbocycles. The third-order valence-corrected chi connectivity index (χ3v) is 25.8. The van der Waals surface area contributed by atoms with E-state index < -0.39 is 10.8 Å². The molecule has 0 saturated heterocycles. The van der Waals surface area contributed by atoms with E-state index in [9.17, 15) is 0 Å². The first kappa shape index (κ1) is 70.1. The predicted octanol–water partition coefficient (Wildman–Crippen LogP) is 31.2. The molecule has 0 fully saturated rings. The Hall–Kier alpha value is -15.4. The molecule has 0 aliphatic heterocycles. The average molecular weight is 1530 g/mol. The Balaban J connectivity index is 0.000000140. The van der Waals surface area contributed by atoms with Crippen molar-refractivity contribution in [3.63, 3.8) is 0 Å². The lowest BCUT2D eigenvalue weighted by molar-refractivity contribution is 0.802. The van der Waals surface area contributed by atoms with E-state index >= 15 is 0 Å². The van der Waals surface area contributed by atoms with Crippen LogP contribution in [0.25, 0.3) is 87.6 Å². The SMILES string of the molecule is Cc1ccccc1N(c1ccccc1)c1ccc2cc3c(cc2c1)C1(c2ccccc2-c2ccccc21)c1c-3ccc2cc(N(c3ccccc3)c3ccccc3C)ccc12.c1ccc(N(c2ccccc2)c2ccc3cc4c(cc3c2)C2(c3ccccc3-c3ccccc32)c2c-4ccc3cc(N(c4ccccc4)c4ccccc4)ccc23)cc1. The number of hydrogen-bond donors (Lipinski definition) is 0. The number of fused-ring (bicyclic) bond motifs is 26. The van der Waals surface area contributed by atoms with Gasteiger partial charge in [0, 0.05) is 68.2 Å². The molecule has 0 amide bonds. The van der Waals surface area contributed by atoms with Gasteiger partial charge in [-0.3, -0.25) is 0 Å². The molecule has 20 aromatic carbocycles. The minimum atomic E-state index is -0.507. The molecule has 0 aromatic heterocycles. The second-order valence-corrected chi connectivity index (χ2v) is 32.3. The Kier molecular flexibility index (Phi) is 16.5. The Bertz CT molecular complexity index is 7280. The van der Waals surface area contributed by atoms with Crippen LogP contribution >= 0.6 is 0 Å². The number of anilines is 12. The van der Waals surface area contributed by atoms with Crippen molar-refractivity contribution in [3.8, 4) is 44.5 Å². The lowest BCUT2D eigenvalue weighted by Gasteiger charge is -2.32. The van der Waals surface area contributed by atoms with Gasteiger partial charge in [0.25, 0.3) is 0 Å². The van der Waals surface area contributed by atoms with E-state index in [-0.39, 0.29) is 0 Å². The number of aryl methyl sites for hydroxylation is 2. The standard InChI is InChI=1S/C59H42N2.C57H38N2/c1-39-17-9-15-27-56(39)60(44-19-5-3-6-20-44)46-31-29-41-37-52-51-33-30-42-35-47(61(45-21-7-4-8-22-45)57-28-16-10-18-40(57)2)32-34-48(42)58(51)59(55(52)38-43(41)36-46)53-25-13-11-23-49(53)50-24-12-14-26-54(50)59;1-5-17-42(18-6-1)58(43-19-7-2-8-20-43)46-31-29-39-37-52-51-33-30-40-35-47(59(44-21-9-3-10-22-44)45-23-11-4-12-24-45)32-34-48(40)56(51)57(55(52)38-41(39)36-46)53-27-15-13-25-49(53)50-26-14-16-28-54(50)57/h3-38H,1-2H3;1-38H. The van der Waals surface area contributed by atoms with Crippen LogP contribution in [0.1, 0.15) is 55.6 Å². The van der Waals surface area contributed by atoms with Crippen molar-refractivity contribution in [1.29, 1.82) is 0 Å². The Morgan fingerprint density at radius 3 is 0.742 bits per heavy atom. The highest BCUT2D eigenvalue weighted by atomic mass is 15.2. The molecule has 4 nitrogen and oxygen atoms in total. The van der Waals surface area contributed by atoms with Gasteiger partial charge < -0.3 is 19.6 Å².